The number of piperidine rings is 1. The van der Waals surface area contributed by atoms with Gasteiger partial charge >= 0.3 is 0 Å². The van der Waals surface area contributed by atoms with Crippen molar-refractivity contribution in [2.45, 2.75) is 6.54 Å². The molecule has 2 aliphatic rings. The summed E-state index contributed by atoms with van der Waals surface area (Å²) in [6.07, 6.45) is 0. The summed E-state index contributed by atoms with van der Waals surface area (Å²) in [6.45, 7) is 3.18. The van der Waals surface area contributed by atoms with Gasteiger partial charge in [-0.1, -0.05) is 54.6 Å². The molecule has 3 nitrogen and oxygen atoms in total. The molecule has 2 aromatic carbocycles. The normalized spacial score (nSPS) is 25.3. The van der Waals surface area contributed by atoms with Crippen LogP contribution in [0.3, 0.4) is 0 Å². The van der Waals surface area contributed by atoms with E-state index in [1.54, 1.807) is 0 Å². The molecule has 2 N–H and O–H groups in total. The number of nitrogens with zero attached hydrogens (tertiary/aromatic N) is 1. The van der Waals surface area contributed by atoms with Crippen LogP contribution in [0.4, 0.5) is 0 Å². The predicted molar refractivity (Wildman–Crippen MR) is 90.7 cm³/mol. The van der Waals surface area contributed by atoms with Crippen LogP contribution in [-0.2, 0) is 6.54 Å². The molecule has 2 unspecified atom stereocenters. The van der Waals surface area contributed by atoms with Crippen molar-refractivity contribution in [1.82, 2.24) is 4.90 Å². The molecule has 1 saturated heterocycles. The lowest BCUT2D eigenvalue weighted by Crippen LogP contribution is -2.31. The fraction of sp³-hybridized carbons (Fsp3) is 0.400. The number of rotatable bonds is 5. The number of hydrogen-bond acceptors (Lipinski definition) is 3. The topological polar surface area (TPSA) is 43.7 Å². The first-order valence-electron chi connectivity index (χ1n) is 8.35. The van der Waals surface area contributed by atoms with Crippen LogP contribution in [-0.4, -0.2) is 41.4 Å². The molecule has 4 rings (SSSR count). The lowest BCUT2D eigenvalue weighted by atomic mass is 10.0. The SMILES string of the molecule is OCC1(CO)C2CN(Cc3ccc(-c4ccccc4)cc3)CC21. The van der Waals surface area contributed by atoms with Crippen LogP contribution in [0.1, 0.15) is 5.56 Å². The summed E-state index contributed by atoms with van der Waals surface area (Å²) in [6, 6.07) is 19.2. The molecule has 1 aliphatic heterocycles. The van der Waals surface area contributed by atoms with Crippen LogP contribution in [0.2, 0.25) is 0 Å². The van der Waals surface area contributed by atoms with Gasteiger partial charge in [0.1, 0.15) is 0 Å². The second kappa shape index (κ2) is 5.75. The number of fused-ring (bicyclic) bond motifs is 1. The van der Waals surface area contributed by atoms with Gasteiger partial charge in [0.2, 0.25) is 0 Å². The zero-order valence-corrected chi connectivity index (χ0v) is 13.2. The van der Waals surface area contributed by atoms with Crippen molar-refractivity contribution < 1.29 is 10.2 Å². The number of likely N-dealkylation sites (tertiary alicyclic amines) is 1. The van der Waals surface area contributed by atoms with Crippen molar-refractivity contribution in [3.8, 4) is 11.1 Å². The van der Waals surface area contributed by atoms with Crippen molar-refractivity contribution in [1.29, 1.82) is 0 Å². The molecule has 0 amide bonds. The van der Waals surface area contributed by atoms with Gasteiger partial charge in [-0.05, 0) is 28.5 Å². The third-order valence-corrected chi connectivity index (χ3v) is 5.82. The number of aliphatic hydroxyl groups excluding tert-OH is 2. The van der Waals surface area contributed by atoms with E-state index in [9.17, 15) is 10.2 Å². The summed E-state index contributed by atoms with van der Waals surface area (Å²) in [4.78, 5) is 2.44. The Morgan fingerprint density at radius 3 is 1.96 bits per heavy atom. The first-order valence-corrected chi connectivity index (χ1v) is 8.35. The molecule has 23 heavy (non-hydrogen) atoms. The first kappa shape index (κ1) is 14.9. The minimum Gasteiger partial charge on any atom is -0.396 e. The molecular formula is C20H23NO2. The third-order valence-electron chi connectivity index (χ3n) is 5.82. The van der Waals surface area contributed by atoms with E-state index in [1.807, 2.05) is 6.07 Å². The van der Waals surface area contributed by atoms with Crippen molar-refractivity contribution in [3.63, 3.8) is 0 Å². The van der Waals surface area contributed by atoms with Crippen LogP contribution < -0.4 is 0 Å². The maximum Gasteiger partial charge on any atom is 0.0515 e. The van der Waals surface area contributed by atoms with Crippen molar-refractivity contribution in [3.05, 3.63) is 60.2 Å². The van der Waals surface area contributed by atoms with Gasteiger partial charge in [-0.25, -0.2) is 0 Å². The Labute approximate surface area is 137 Å². The Kier molecular flexibility index (Phi) is 3.72. The molecule has 120 valence electrons. The lowest BCUT2D eigenvalue weighted by molar-refractivity contribution is 0.0869. The van der Waals surface area contributed by atoms with Crippen molar-refractivity contribution in [2.24, 2.45) is 17.3 Å². The van der Waals surface area contributed by atoms with Crippen LogP contribution >= 0.6 is 0 Å². The highest BCUT2D eigenvalue weighted by atomic mass is 16.3. The molecule has 3 heteroatoms. The van der Waals surface area contributed by atoms with E-state index in [0.29, 0.717) is 11.8 Å². The monoisotopic (exact) mass is 309 g/mol. The standard InChI is InChI=1S/C20H23NO2/c22-13-20(14-23)18-11-21(12-19(18)20)10-15-6-8-17(9-7-15)16-4-2-1-3-5-16/h1-9,18-19,22-23H,10-14H2. The molecule has 2 atom stereocenters. The quantitative estimate of drug-likeness (QED) is 0.891. The van der Waals surface area contributed by atoms with Crippen LogP contribution in [0, 0.1) is 17.3 Å². The average molecular weight is 309 g/mol. The molecule has 0 aromatic heterocycles. The zero-order chi connectivity index (χ0) is 15.9. The maximum absolute atomic E-state index is 9.50. The van der Waals surface area contributed by atoms with Crippen LogP contribution in [0.25, 0.3) is 11.1 Å². The molecule has 0 bridgehead atoms. The summed E-state index contributed by atoms with van der Waals surface area (Å²) in [5.74, 6) is 0.946. The molecule has 2 aromatic rings. The van der Waals surface area contributed by atoms with Gasteiger partial charge in [0, 0.05) is 25.0 Å². The lowest BCUT2D eigenvalue weighted by Gasteiger charge is -2.24. The van der Waals surface area contributed by atoms with Gasteiger partial charge < -0.3 is 10.2 Å². The van der Waals surface area contributed by atoms with E-state index in [-0.39, 0.29) is 18.6 Å². The third kappa shape index (κ3) is 2.49. The van der Waals surface area contributed by atoms with E-state index in [1.165, 1.54) is 16.7 Å². The zero-order valence-electron chi connectivity index (χ0n) is 13.2. The van der Waals surface area contributed by atoms with E-state index in [0.717, 1.165) is 19.6 Å². The Bertz CT molecular complexity index is 650. The number of hydrogen-bond donors (Lipinski definition) is 2. The van der Waals surface area contributed by atoms with Gasteiger partial charge in [0.25, 0.3) is 0 Å². The Balaban J connectivity index is 1.38. The minimum absolute atomic E-state index is 0.123. The molecular weight excluding hydrogens is 286 g/mol. The second-order valence-corrected chi connectivity index (χ2v) is 7.02. The Morgan fingerprint density at radius 2 is 1.39 bits per heavy atom. The van der Waals surface area contributed by atoms with Gasteiger partial charge in [0.15, 0.2) is 0 Å². The Morgan fingerprint density at radius 1 is 0.826 bits per heavy atom. The maximum atomic E-state index is 9.50. The van der Waals surface area contributed by atoms with Gasteiger partial charge in [-0.15, -0.1) is 0 Å². The first-order chi connectivity index (χ1) is 11.3. The van der Waals surface area contributed by atoms with Gasteiger partial charge in [-0.3, -0.25) is 4.90 Å². The molecule has 0 radical (unpaired) electrons. The molecule has 1 heterocycles. The van der Waals surface area contributed by atoms with E-state index >= 15 is 0 Å². The van der Waals surface area contributed by atoms with Crippen molar-refractivity contribution >= 4 is 0 Å². The predicted octanol–water partition coefficient (Wildman–Crippen LogP) is 2.39. The average Bonchev–Trinajstić information content (AvgIpc) is 2.98. The Hall–Kier alpha value is -1.68. The summed E-state index contributed by atoms with van der Waals surface area (Å²) >= 11 is 0. The smallest absolute Gasteiger partial charge is 0.0515 e. The summed E-state index contributed by atoms with van der Waals surface area (Å²) in [7, 11) is 0. The van der Waals surface area contributed by atoms with Crippen molar-refractivity contribution in [2.75, 3.05) is 26.3 Å². The highest BCUT2D eigenvalue weighted by Crippen LogP contribution is 2.62. The largest absolute Gasteiger partial charge is 0.396 e. The summed E-state index contributed by atoms with van der Waals surface area (Å²) in [5, 5.41) is 19.0. The summed E-state index contributed by atoms with van der Waals surface area (Å²) < 4.78 is 0. The van der Waals surface area contributed by atoms with E-state index in [4.69, 9.17) is 0 Å². The summed E-state index contributed by atoms with van der Waals surface area (Å²) in [5.41, 5.74) is 3.63. The van der Waals surface area contributed by atoms with Crippen LogP contribution in [0.15, 0.2) is 54.6 Å². The fourth-order valence-corrected chi connectivity index (χ4v) is 4.26. The van der Waals surface area contributed by atoms with Gasteiger partial charge in [-0.2, -0.15) is 0 Å². The van der Waals surface area contributed by atoms with E-state index in [2.05, 4.69) is 53.4 Å². The van der Waals surface area contributed by atoms with Crippen LogP contribution in [0.5, 0.6) is 0 Å². The molecule has 2 fully saturated rings. The second-order valence-electron chi connectivity index (χ2n) is 7.02. The fourth-order valence-electron chi connectivity index (χ4n) is 4.26. The van der Waals surface area contributed by atoms with E-state index < -0.39 is 0 Å². The highest BCUT2D eigenvalue weighted by molar-refractivity contribution is 5.63. The highest BCUT2D eigenvalue weighted by Gasteiger charge is 2.67. The number of benzene rings is 2. The molecule has 0 spiro atoms. The minimum atomic E-state index is -0.187. The number of aliphatic hydroxyl groups is 2. The van der Waals surface area contributed by atoms with Gasteiger partial charge in [0.05, 0.1) is 13.2 Å². The molecule has 1 aliphatic carbocycles. The molecule has 1 saturated carbocycles.